The van der Waals surface area contributed by atoms with Gasteiger partial charge in [-0.3, -0.25) is 9.79 Å². The van der Waals surface area contributed by atoms with Crippen LogP contribution in [0.15, 0.2) is 59.6 Å². The number of amides is 1. The van der Waals surface area contributed by atoms with Crippen molar-refractivity contribution in [3.05, 3.63) is 65.7 Å². The average Bonchev–Trinajstić information content (AvgIpc) is 2.73. The van der Waals surface area contributed by atoms with Crippen LogP contribution in [-0.4, -0.2) is 38.6 Å². The predicted molar refractivity (Wildman–Crippen MR) is 134 cm³/mol. The van der Waals surface area contributed by atoms with Crippen LogP contribution in [0.25, 0.3) is 0 Å². The first-order valence-electron chi connectivity index (χ1n) is 9.93. The van der Waals surface area contributed by atoms with E-state index >= 15 is 0 Å². The zero-order valence-electron chi connectivity index (χ0n) is 18.2. The summed E-state index contributed by atoms with van der Waals surface area (Å²) < 4.78 is 5.55. The summed E-state index contributed by atoms with van der Waals surface area (Å²) in [6, 6.07) is 18.1. The summed E-state index contributed by atoms with van der Waals surface area (Å²) in [6.45, 7) is 8.26. The second-order valence-electron chi connectivity index (χ2n) is 7.42. The monoisotopic (exact) mass is 524 g/mol. The lowest BCUT2D eigenvalue weighted by atomic mass is 9.85. The summed E-state index contributed by atoms with van der Waals surface area (Å²) in [5.41, 5.74) is 2.30. The van der Waals surface area contributed by atoms with Crippen LogP contribution in [0.3, 0.4) is 0 Å². The number of carbonyl (C=O) groups is 1. The molecule has 0 unspecified atom stereocenters. The van der Waals surface area contributed by atoms with Gasteiger partial charge in [-0.2, -0.15) is 0 Å². The molecule has 0 aromatic heterocycles. The molecule has 7 heteroatoms. The molecule has 0 aliphatic rings. The molecule has 2 rings (SSSR count). The molecule has 2 aromatic rings. The quantitative estimate of drug-likeness (QED) is 0.267. The lowest BCUT2D eigenvalue weighted by Gasteiger charge is -2.26. The van der Waals surface area contributed by atoms with Crippen LogP contribution in [-0.2, 0) is 16.8 Å². The Morgan fingerprint density at radius 3 is 2.43 bits per heavy atom. The van der Waals surface area contributed by atoms with E-state index in [2.05, 4.69) is 59.1 Å². The van der Waals surface area contributed by atoms with Crippen LogP contribution in [0.5, 0.6) is 5.75 Å². The molecule has 0 spiro atoms. The largest absolute Gasteiger partial charge is 0.484 e. The van der Waals surface area contributed by atoms with Crippen molar-refractivity contribution >= 4 is 35.8 Å². The summed E-state index contributed by atoms with van der Waals surface area (Å²) in [7, 11) is 1.76. The molecule has 0 aliphatic carbocycles. The molecule has 3 N–H and O–H groups in total. The van der Waals surface area contributed by atoms with Gasteiger partial charge in [-0.15, -0.1) is 24.0 Å². The Kier molecular flexibility index (Phi) is 11.2. The molecule has 0 bridgehead atoms. The van der Waals surface area contributed by atoms with Gasteiger partial charge in [0.15, 0.2) is 12.6 Å². The van der Waals surface area contributed by atoms with Crippen molar-refractivity contribution < 1.29 is 9.53 Å². The van der Waals surface area contributed by atoms with Crippen molar-refractivity contribution in [2.75, 3.05) is 26.7 Å². The highest BCUT2D eigenvalue weighted by molar-refractivity contribution is 14.0. The zero-order chi connectivity index (χ0) is 21.1. The number of likely N-dealkylation sites (N-methyl/N-ethyl adjacent to an activating group) is 1. The SMILES string of the molecule is CCNC(=O)COc1cccc(CNC(=NC)NCC(C)(C)c2ccccc2)c1.I. The summed E-state index contributed by atoms with van der Waals surface area (Å²) in [6.07, 6.45) is 0. The van der Waals surface area contributed by atoms with Gasteiger partial charge in [-0.25, -0.2) is 0 Å². The fourth-order valence-corrected chi connectivity index (χ4v) is 2.84. The third kappa shape index (κ3) is 8.61. The summed E-state index contributed by atoms with van der Waals surface area (Å²) in [4.78, 5) is 15.9. The Bertz CT molecular complexity index is 810. The second kappa shape index (κ2) is 13.1. The van der Waals surface area contributed by atoms with Gasteiger partial charge in [0.2, 0.25) is 0 Å². The molecule has 1 amide bonds. The van der Waals surface area contributed by atoms with Gasteiger partial charge in [0, 0.05) is 32.1 Å². The van der Waals surface area contributed by atoms with Gasteiger partial charge >= 0.3 is 0 Å². The first kappa shape index (κ1) is 25.7. The van der Waals surface area contributed by atoms with Gasteiger partial charge in [0.25, 0.3) is 5.91 Å². The summed E-state index contributed by atoms with van der Waals surface area (Å²) in [5, 5.41) is 9.44. The van der Waals surface area contributed by atoms with Crippen LogP contribution >= 0.6 is 24.0 Å². The molecule has 0 radical (unpaired) electrons. The number of carbonyl (C=O) groups excluding carboxylic acids is 1. The lowest BCUT2D eigenvalue weighted by molar-refractivity contribution is -0.122. The van der Waals surface area contributed by atoms with Crippen molar-refractivity contribution in [2.24, 2.45) is 4.99 Å². The Morgan fingerprint density at radius 2 is 1.77 bits per heavy atom. The number of ether oxygens (including phenoxy) is 1. The maximum Gasteiger partial charge on any atom is 0.257 e. The predicted octanol–water partition coefficient (Wildman–Crippen LogP) is 3.46. The molecule has 0 aliphatic heterocycles. The lowest BCUT2D eigenvalue weighted by Crippen LogP contribution is -2.43. The Hall–Kier alpha value is -2.29. The first-order chi connectivity index (χ1) is 13.9. The number of rotatable bonds is 9. The van der Waals surface area contributed by atoms with E-state index < -0.39 is 0 Å². The summed E-state index contributed by atoms with van der Waals surface area (Å²) >= 11 is 0. The Morgan fingerprint density at radius 1 is 1.03 bits per heavy atom. The molecule has 0 atom stereocenters. The topological polar surface area (TPSA) is 74.8 Å². The fraction of sp³-hybridized carbons (Fsp3) is 0.391. The number of hydrogen-bond donors (Lipinski definition) is 3. The third-order valence-electron chi connectivity index (χ3n) is 4.58. The molecule has 30 heavy (non-hydrogen) atoms. The Labute approximate surface area is 196 Å². The number of aliphatic imine (C=N–C) groups is 1. The molecule has 164 valence electrons. The average molecular weight is 524 g/mol. The normalized spacial score (nSPS) is 11.3. The Balaban J connectivity index is 0.00000450. The molecule has 6 nitrogen and oxygen atoms in total. The third-order valence-corrected chi connectivity index (χ3v) is 4.58. The maximum absolute atomic E-state index is 11.5. The number of guanidine groups is 1. The number of nitrogens with zero attached hydrogens (tertiary/aromatic N) is 1. The minimum Gasteiger partial charge on any atom is -0.484 e. The van der Waals surface area contributed by atoms with Crippen molar-refractivity contribution in [2.45, 2.75) is 32.7 Å². The van der Waals surface area contributed by atoms with E-state index in [0.717, 1.165) is 18.1 Å². The fourth-order valence-electron chi connectivity index (χ4n) is 2.84. The molecule has 0 fully saturated rings. The molecule has 0 saturated carbocycles. The highest BCUT2D eigenvalue weighted by Crippen LogP contribution is 2.21. The first-order valence-corrected chi connectivity index (χ1v) is 9.93. The van der Waals surface area contributed by atoms with Crippen molar-refractivity contribution in [1.29, 1.82) is 0 Å². The molecular weight excluding hydrogens is 491 g/mol. The van der Waals surface area contributed by atoms with Crippen LogP contribution in [0.2, 0.25) is 0 Å². The van der Waals surface area contributed by atoms with E-state index in [1.807, 2.05) is 37.3 Å². The van der Waals surface area contributed by atoms with Crippen LogP contribution in [0, 0.1) is 0 Å². The highest BCUT2D eigenvalue weighted by Gasteiger charge is 2.20. The van der Waals surface area contributed by atoms with Gasteiger partial charge in [0.05, 0.1) is 0 Å². The highest BCUT2D eigenvalue weighted by atomic mass is 127. The van der Waals surface area contributed by atoms with Gasteiger partial charge < -0.3 is 20.7 Å². The molecule has 2 aromatic carbocycles. The van der Waals surface area contributed by atoms with Crippen molar-refractivity contribution in [3.8, 4) is 5.75 Å². The smallest absolute Gasteiger partial charge is 0.257 e. The number of benzene rings is 2. The number of halogens is 1. The van der Waals surface area contributed by atoms with Crippen LogP contribution in [0.4, 0.5) is 0 Å². The van der Waals surface area contributed by atoms with Gasteiger partial charge in [-0.05, 0) is 30.2 Å². The number of hydrogen-bond acceptors (Lipinski definition) is 3. The second-order valence-corrected chi connectivity index (χ2v) is 7.42. The van der Waals surface area contributed by atoms with E-state index in [-0.39, 0.29) is 41.9 Å². The van der Waals surface area contributed by atoms with Crippen molar-refractivity contribution in [3.63, 3.8) is 0 Å². The zero-order valence-corrected chi connectivity index (χ0v) is 20.5. The van der Waals surface area contributed by atoms with Crippen LogP contribution < -0.4 is 20.7 Å². The van der Waals surface area contributed by atoms with Gasteiger partial charge in [-0.1, -0.05) is 56.3 Å². The van der Waals surface area contributed by atoms with Crippen LogP contribution in [0.1, 0.15) is 31.9 Å². The molecule has 0 heterocycles. The van der Waals surface area contributed by atoms with E-state index in [4.69, 9.17) is 4.74 Å². The summed E-state index contributed by atoms with van der Waals surface area (Å²) in [5.74, 6) is 1.29. The molecule has 0 saturated heterocycles. The van der Waals surface area contributed by atoms with Gasteiger partial charge in [0.1, 0.15) is 5.75 Å². The van der Waals surface area contributed by atoms with E-state index in [1.165, 1.54) is 5.56 Å². The minimum absolute atomic E-state index is 0. The van der Waals surface area contributed by atoms with Crippen molar-refractivity contribution in [1.82, 2.24) is 16.0 Å². The maximum atomic E-state index is 11.5. The van der Waals surface area contributed by atoms with E-state index in [1.54, 1.807) is 7.05 Å². The standard InChI is InChI=1S/C23H32N4O2.HI/c1-5-25-21(28)16-29-20-13-9-10-18(14-20)15-26-22(24-4)27-17-23(2,3)19-11-7-6-8-12-19;/h6-14H,5,15-17H2,1-4H3,(H,25,28)(H2,24,26,27);1H. The van der Waals surface area contributed by atoms with E-state index in [9.17, 15) is 4.79 Å². The number of nitrogens with one attached hydrogen (secondary N) is 3. The minimum atomic E-state index is -0.123. The van der Waals surface area contributed by atoms with E-state index in [0.29, 0.717) is 18.8 Å². The molecular formula is C23H33IN4O2.